The first-order chi connectivity index (χ1) is 7.13. The van der Waals surface area contributed by atoms with E-state index in [0.29, 0.717) is 22.6 Å². The molecule has 0 aromatic carbocycles. The van der Waals surface area contributed by atoms with Gasteiger partial charge in [-0.15, -0.1) is 11.3 Å². The van der Waals surface area contributed by atoms with Gasteiger partial charge in [-0.25, -0.2) is 4.98 Å². The maximum atomic E-state index is 12.4. The lowest BCUT2D eigenvalue weighted by atomic mass is 9.85. The zero-order valence-electron chi connectivity index (χ0n) is 9.43. The SMILES string of the molecule is CC(N)CC(C)(C)c1cnc(C(F)(F)F)s1. The fraction of sp³-hybridized carbons (Fsp3) is 0.700. The Kier molecular flexibility index (Phi) is 3.64. The normalized spacial score (nSPS) is 15.2. The van der Waals surface area contributed by atoms with E-state index in [-0.39, 0.29) is 11.5 Å². The topological polar surface area (TPSA) is 38.9 Å². The third-order valence-electron chi connectivity index (χ3n) is 2.25. The Hall–Kier alpha value is -0.620. The van der Waals surface area contributed by atoms with Crippen LogP contribution in [-0.4, -0.2) is 11.0 Å². The maximum absolute atomic E-state index is 12.4. The predicted octanol–water partition coefficient (Wildman–Crippen LogP) is 3.18. The molecule has 0 saturated carbocycles. The quantitative estimate of drug-likeness (QED) is 0.897. The molecule has 16 heavy (non-hydrogen) atoms. The van der Waals surface area contributed by atoms with Crippen LogP contribution in [-0.2, 0) is 11.6 Å². The van der Waals surface area contributed by atoms with Gasteiger partial charge in [0.05, 0.1) is 0 Å². The Morgan fingerprint density at radius 2 is 2.00 bits per heavy atom. The van der Waals surface area contributed by atoms with Crippen LogP contribution in [0.25, 0.3) is 0 Å². The second-order valence-corrected chi connectivity index (χ2v) is 5.62. The molecule has 1 heterocycles. The van der Waals surface area contributed by atoms with Crippen LogP contribution in [0.1, 0.15) is 37.1 Å². The van der Waals surface area contributed by atoms with Crippen molar-refractivity contribution < 1.29 is 13.2 Å². The molecular formula is C10H15F3N2S. The number of rotatable bonds is 3. The molecule has 0 fully saturated rings. The van der Waals surface area contributed by atoms with Crippen molar-refractivity contribution in [3.63, 3.8) is 0 Å². The van der Waals surface area contributed by atoms with Gasteiger partial charge in [-0.1, -0.05) is 13.8 Å². The molecule has 6 heteroatoms. The minimum atomic E-state index is -4.35. The molecule has 1 aromatic heterocycles. The van der Waals surface area contributed by atoms with Crippen LogP contribution in [0.4, 0.5) is 13.2 Å². The van der Waals surface area contributed by atoms with E-state index in [9.17, 15) is 13.2 Å². The highest BCUT2D eigenvalue weighted by Gasteiger charge is 2.36. The van der Waals surface area contributed by atoms with E-state index in [0.717, 1.165) is 0 Å². The summed E-state index contributed by atoms with van der Waals surface area (Å²) in [5, 5.41) is -0.791. The summed E-state index contributed by atoms with van der Waals surface area (Å²) in [7, 11) is 0. The van der Waals surface area contributed by atoms with Crippen molar-refractivity contribution in [2.45, 2.75) is 44.8 Å². The Bertz CT molecular complexity index is 355. The third-order valence-corrected chi connectivity index (χ3v) is 3.66. The van der Waals surface area contributed by atoms with Gasteiger partial charge in [-0.05, 0) is 13.3 Å². The minimum absolute atomic E-state index is 0.0496. The van der Waals surface area contributed by atoms with E-state index in [1.807, 2.05) is 20.8 Å². The number of thiazole rings is 1. The largest absolute Gasteiger partial charge is 0.443 e. The molecule has 0 spiro atoms. The van der Waals surface area contributed by atoms with Gasteiger partial charge in [-0.2, -0.15) is 13.2 Å². The van der Waals surface area contributed by atoms with Gasteiger partial charge in [-0.3, -0.25) is 0 Å². The molecule has 1 unspecified atom stereocenters. The lowest BCUT2D eigenvalue weighted by Gasteiger charge is -2.24. The van der Waals surface area contributed by atoms with Gasteiger partial charge in [0.1, 0.15) is 0 Å². The van der Waals surface area contributed by atoms with Crippen LogP contribution in [0.2, 0.25) is 0 Å². The zero-order chi connectivity index (χ0) is 12.6. The molecule has 0 saturated heterocycles. The molecule has 1 aromatic rings. The van der Waals surface area contributed by atoms with Gasteiger partial charge < -0.3 is 5.73 Å². The summed E-state index contributed by atoms with van der Waals surface area (Å²) in [6.45, 7) is 5.60. The van der Waals surface area contributed by atoms with Crippen molar-refractivity contribution in [3.8, 4) is 0 Å². The molecule has 0 amide bonds. The number of nitrogens with zero attached hydrogens (tertiary/aromatic N) is 1. The van der Waals surface area contributed by atoms with Gasteiger partial charge in [0.2, 0.25) is 0 Å². The summed E-state index contributed by atoms with van der Waals surface area (Å²) >= 11 is 0.697. The molecule has 0 bridgehead atoms. The standard InChI is InChI=1S/C10H15F3N2S/c1-6(14)4-9(2,3)7-5-15-8(16-7)10(11,12)13/h5-6H,4,14H2,1-3H3. The summed E-state index contributed by atoms with van der Waals surface area (Å²) < 4.78 is 37.1. The Morgan fingerprint density at radius 3 is 2.38 bits per heavy atom. The fourth-order valence-corrected chi connectivity index (χ4v) is 2.52. The van der Waals surface area contributed by atoms with Crippen molar-refractivity contribution in [3.05, 3.63) is 16.1 Å². The van der Waals surface area contributed by atoms with Gasteiger partial charge in [0.25, 0.3) is 0 Å². The van der Waals surface area contributed by atoms with Crippen LogP contribution in [0.3, 0.4) is 0 Å². The van der Waals surface area contributed by atoms with Gasteiger partial charge >= 0.3 is 6.18 Å². The van der Waals surface area contributed by atoms with Crippen LogP contribution in [0.15, 0.2) is 6.20 Å². The highest BCUT2D eigenvalue weighted by atomic mass is 32.1. The second-order valence-electron chi connectivity index (χ2n) is 4.59. The van der Waals surface area contributed by atoms with E-state index >= 15 is 0 Å². The number of nitrogens with two attached hydrogens (primary N) is 1. The fourth-order valence-electron chi connectivity index (χ4n) is 1.62. The average molecular weight is 252 g/mol. The number of aromatic nitrogens is 1. The molecule has 2 nitrogen and oxygen atoms in total. The van der Waals surface area contributed by atoms with E-state index in [4.69, 9.17) is 5.73 Å². The van der Waals surface area contributed by atoms with E-state index in [2.05, 4.69) is 4.98 Å². The molecule has 92 valence electrons. The summed E-state index contributed by atoms with van der Waals surface area (Å²) in [4.78, 5) is 4.04. The lowest BCUT2D eigenvalue weighted by molar-refractivity contribution is -0.137. The summed E-state index contributed by atoms with van der Waals surface area (Å²) in [5.41, 5.74) is 5.30. The smallest absolute Gasteiger partial charge is 0.328 e. The molecule has 0 radical (unpaired) electrons. The summed E-state index contributed by atoms with van der Waals surface area (Å²) in [5.74, 6) is 0. The zero-order valence-corrected chi connectivity index (χ0v) is 10.2. The molecule has 0 aliphatic rings. The minimum Gasteiger partial charge on any atom is -0.328 e. The van der Waals surface area contributed by atoms with Gasteiger partial charge in [0.15, 0.2) is 5.01 Å². The van der Waals surface area contributed by atoms with Crippen LogP contribution >= 0.6 is 11.3 Å². The first kappa shape index (κ1) is 13.4. The van der Waals surface area contributed by atoms with Crippen molar-refractivity contribution >= 4 is 11.3 Å². The van der Waals surface area contributed by atoms with E-state index < -0.39 is 11.2 Å². The Labute approximate surface area is 96.7 Å². The Morgan fingerprint density at radius 1 is 1.44 bits per heavy atom. The van der Waals surface area contributed by atoms with Crippen molar-refractivity contribution in [2.24, 2.45) is 5.73 Å². The maximum Gasteiger partial charge on any atom is 0.443 e. The monoisotopic (exact) mass is 252 g/mol. The number of alkyl halides is 3. The second kappa shape index (κ2) is 4.33. The molecular weight excluding hydrogens is 237 g/mol. The lowest BCUT2D eigenvalue weighted by Crippen LogP contribution is -2.27. The summed E-state index contributed by atoms with van der Waals surface area (Å²) in [6.07, 6.45) is -2.42. The molecule has 0 aliphatic heterocycles. The molecule has 1 atom stereocenters. The Balaban J connectivity index is 2.93. The predicted molar refractivity (Wildman–Crippen MR) is 58.4 cm³/mol. The highest BCUT2D eigenvalue weighted by Crippen LogP contribution is 2.38. The van der Waals surface area contributed by atoms with Crippen LogP contribution in [0.5, 0.6) is 0 Å². The van der Waals surface area contributed by atoms with Gasteiger partial charge in [0, 0.05) is 22.5 Å². The van der Waals surface area contributed by atoms with Crippen LogP contribution < -0.4 is 5.73 Å². The number of halogens is 3. The molecule has 1 rings (SSSR count). The number of hydrogen-bond donors (Lipinski definition) is 1. The van der Waals surface area contributed by atoms with E-state index in [1.54, 1.807) is 0 Å². The van der Waals surface area contributed by atoms with E-state index in [1.165, 1.54) is 6.20 Å². The number of hydrogen-bond acceptors (Lipinski definition) is 3. The highest BCUT2D eigenvalue weighted by molar-refractivity contribution is 7.11. The third kappa shape index (κ3) is 3.18. The average Bonchev–Trinajstić information content (AvgIpc) is 2.47. The molecule has 2 N–H and O–H groups in total. The first-order valence-electron chi connectivity index (χ1n) is 4.92. The van der Waals surface area contributed by atoms with Crippen molar-refractivity contribution in [1.82, 2.24) is 4.98 Å². The van der Waals surface area contributed by atoms with Crippen LogP contribution in [0, 0.1) is 0 Å². The summed E-state index contributed by atoms with van der Waals surface area (Å²) in [6, 6.07) is -0.0496. The van der Waals surface area contributed by atoms with Crippen molar-refractivity contribution in [2.75, 3.05) is 0 Å². The first-order valence-corrected chi connectivity index (χ1v) is 5.73. The van der Waals surface area contributed by atoms with Crippen molar-refractivity contribution in [1.29, 1.82) is 0 Å². The molecule has 0 aliphatic carbocycles.